The predicted molar refractivity (Wildman–Crippen MR) is 110 cm³/mol. The maximum atomic E-state index is 12.9. The molecular formula is C21H25F3N6O2. The minimum atomic E-state index is -4.66. The second-order valence-corrected chi connectivity index (χ2v) is 7.70. The second kappa shape index (κ2) is 8.71. The summed E-state index contributed by atoms with van der Waals surface area (Å²) in [5, 5.41) is 3.54. The van der Waals surface area contributed by atoms with E-state index in [1.807, 2.05) is 13.8 Å². The molecule has 0 unspecified atom stereocenters. The molecule has 3 heterocycles. The Morgan fingerprint density at radius 2 is 1.88 bits per heavy atom. The second-order valence-electron chi connectivity index (χ2n) is 7.70. The van der Waals surface area contributed by atoms with Gasteiger partial charge in [0, 0.05) is 42.2 Å². The van der Waals surface area contributed by atoms with E-state index in [0.29, 0.717) is 29.9 Å². The lowest BCUT2D eigenvalue weighted by Crippen LogP contribution is -2.27. The number of methoxy groups -OCH3 is 1. The van der Waals surface area contributed by atoms with Gasteiger partial charge in [0.25, 0.3) is 11.6 Å². The van der Waals surface area contributed by atoms with Crippen molar-refractivity contribution in [1.29, 1.82) is 0 Å². The highest BCUT2D eigenvalue weighted by Crippen LogP contribution is 2.27. The lowest BCUT2D eigenvalue weighted by Gasteiger charge is -2.20. The lowest BCUT2D eigenvalue weighted by atomic mass is 10.1. The van der Waals surface area contributed by atoms with Crippen molar-refractivity contribution in [2.75, 3.05) is 14.2 Å². The monoisotopic (exact) mass is 450 g/mol. The molecule has 172 valence electrons. The van der Waals surface area contributed by atoms with Crippen molar-refractivity contribution in [2.24, 2.45) is 0 Å². The summed E-state index contributed by atoms with van der Waals surface area (Å²) < 4.78 is 45.3. The number of hydrogen-bond acceptors (Lipinski definition) is 6. The summed E-state index contributed by atoms with van der Waals surface area (Å²) in [6.45, 7) is 7.44. The Morgan fingerprint density at radius 3 is 2.50 bits per heavy atom. The van der Waals surface area contributed by atoms with Crippen LogP contribution < -0.4 is 4.74 Å². The Hall–Kier alpha value is -3.24. The molecule has 3 rings (SSSR count). The molecule has 0 aliphatic heterocycles. The molecule has 0 spiro atoms. The standard InChI is InChI=1S/C21H25F3N6O2/c1-11-9-25-16(12(2)18(11)32-6)10-29(5)17(31)8-7-15-13(3)26-20-27-19(21(22,23)24)28-30(20)14(15)4/h9H,7-8,10H2,1-6H3. The molecule has 3 aromatic heterocycles. The molecule has 0 N–H and O–H groups in total. The van der Waals surface area contributed by atoms with Gasteiger partial charge in [0.05, 0.1) is 19.3 Å². The van der Waals surface area contributed by atoms with Crippen molar-refractivity contribution >= 4 is 11.7 Å². The van der Waals surface area contributed by atoms with Crippen molar-refractivity contribution in [3.63, 3.8) is 0 Å². The zero-order valence-corrected chi connectivity index (χ0v) is 18.8. The Labute approximate surface area is 183 Å². The number of nitrogens with zero attached hydrogens (tertiary/aromatic N) is 6. The van der Waals surface area contributed by atoms with Crippen molar-refractivity contribution in [1.82, 2.24) is 29.5 Å². The number of fused-ring (bicyclic) bond motifs is 1. The Balaban J connectivity index is 1.75. The zero-order chi connectivity index (χ0) is 23.8. The van der Waals surface area contributed by atoms with E-state index in [9.17, 15) is 18.0 Å². The number of alkyl halides is 3. The molecule has 0 aliphatic rings. The van der Waals surface area contributed by atoms with Crippen LogP contribution in [0.5, 0.6) is 5.75 Å². The van der Waals surface area contributed by atoms with E-state index in [2.05, 4.69) is 20.1 Å². The van der Waals surface area contributed by atoms with Gasteiger partial charge >= 0.3 is 6.18 Å². The Bertz CT molecular complexity index is 1170. The van der Waals surface area contributed by atoms with Gasteiger partial charge in [0.15, 0.2) is 0 Å². The van der Waals surface area contributed by atoms with E-state index in [1.54, 1.807) is 39.1 Å². The molecule has 0 aliphatic carbocycles. The van der Waals surface area contributed by atoms with Gasteiger partial charge < -0.3 is 9.64 Å². The quantitative estimate of drug-likeness (QED) is 0.573. The first kappa shape index (κ1) is 23.4. The van der Waals surface area contributed by atoms with Crippen molar-refractivity contribution in [3.05, 3.63) is 45.8 Å². The number of aryl methyl sites for hydroxylation is 3. The molecule has 3 aromatic rings. The van der Waals surface area contributed by atoms with E-state index in [-0.39, 0.29) is 18.1 Å². The number of pyridine rings is 1. The normalized spacial score (nSPS) is 11.8. The molecule has 1 amide bonds. The number of ether oxygens (including phenoxy) is 1. The van der Waals surface area contributed by atoms with Gasteiger partial charge in [-0.05, 0) is 39.7 Å². The third kappa shape index (κ3) is 4.51. The van der Waals surface area contributed by atoms with Gasteiger partial charge in [-0.2, -0.15) is 18.2 Å². The molecule has 8 nitrogen and oxygen atoms in total. The SMILES string of the molecule is COc1c(C)cnc(CN(C)C(=O)CCc2c(C)nc3nc(C(F)(F)F)nn3c2C)c1C. The largest absolute Gasteiger partial charge is 0.496 e. The molecule has 0 fully saturated rings. The van der Waals surface area contributed by atoms with Gasteiger partial charge in [-0.1, -0.05) is 0 Å². The highest BCUT2D eigenvalue weighted by molar-refractivity contribution is 5.76. The summed E-state index contributed by atoms with van der Waals surface area (Å²) in [6.07, 6.45) is -2.47. The van der Waals surface area contributed by atoms with E-state index in [1.165, 1.54) is 0 Å². The number of rotatable bonds is 6. The first-order valence-electron chi connectivity index (χ1n) is 9.97. The van der Waals surface area contributed by atoms with Crippen molar-refractivity contribution < 1.29 is 22.7 Å². The molecule has 32 heavy (non-hydrogen) atoms. The Kier molecular flexibility index (Phi) is 6.38. The smallest absolute Gasteiger partial charge is 0.453 e. The predicted octanol–water partition coefficient (Wildman–Crippen LogP) is 3.37. The maximum absolute atomic E-state index is 12.9. The number of amides is 1. The summed E-state index contributed by atoms with van der Waals surface area (Å²) in [5.74, 6) is -0.738. The fourth-order valence-corrected chi connectivity index (χ4v) is 3.66. The molecule has 0 atom stereocenters. The molecule has 11 heteroatoms. The van der Waals surface area contributed by atoms with Crippen LogP contribution >= 0.6 is 0 Å². The van der Waals surface area contributed by atoms with Crippen LogP contribution in [-0.4, -0.2) is 49.5 Å². The van der Waals surface area contributed by atoms with Crippen LogP contribution in [0.25, 0.3) is 5.78 Å². The molecule has 0 saturated heterocycles. The number of carbonyl (C=O) groups excluding carboxylic acids is 1. The minimum Gasteiger partial charge on any atom is -0.496 e. The van der Waals surface area contributed by atoms with Crippen LogP contribution in [0, 0.1) is 27.7 Å². The van der Waals surface area contributed by atoms with Crippen LogP contribution in [0.3, 0.4) is 0 Å². The highest BCUT2D eigenvalue weighted by atomic mass is 19.4. The van der Waals surface area contributed by atoms with Crippen molar-refractivity contribution in [2.45, 2.75) is 53.3 Å². The van der Waals surface area contributed by atoms with Crippen molar-refractivity contribution in [3.8, 4) is 5.75 Å². The van der Waals surface area contributed by atoms with Gasteiger partial charge in [0.2, 0.25) is 5.91 Å². The average Bonchev–Trinajstić information content (AvgIpc) is 3.15. The number of aromatic nitrogens is 5. The summed E-state index contributed by atoms with van der Waals surface area (Å²) in [7, 11) is 3.28. The fraction of sp³-hybridized carbons (Fsp3) is 0.476. The minimum absolute atomic E-state index is 0.116. The van der Waals surface area contributed by atoms with Gasteiger partial charge in [-0.25, -0.2) is 9.50 Å². The van der Waals surface area contributed by atoms with E-state index in [0.717, 1.165) is 27.1 Å². The number of hydrogen-bond donors (Lipinski definition) is 0. The number of carbonyl (C=O) groups is 1. The van der Waals surface area contributed by atoms with E-state index in [4.69, 9.17) is 4.74 Å². The molecule has 0 aromatic carbocycles. The molecule has 0 bridgehead atoms. The average molecular weight is 450 g/mol. The van der Waals surface area contributed by atoms with Crippen LogP contribution in [0.4, 0.5) is 13.2 Å². The zero-order valence-electron chi connectivity index (χ0n) is 18.8. The van der Waals surface area contributed by atoms with Gasteiger partial charge in [0.1, 0.15) is 5.75 Å². The third-order valence-corrected chi connectivity index (χ3v) is 5.45. The first-order chi connectivity index (χ1) is 14.9. The van der Waals surface area contributed by atoms with Crippen LogP contribution in [-0.2, 0) is 23.9 Å². The fourth-order valence-electron chi connectivity index (χ4n) is 3.66. The summed E-state index contributed by atoms with van der Waals surface area (Å²) >= 11 is 0. The van der Waals surface area contributed by atoms with Gasteiger partial charge in [-0.15, -0.1) is 5.10 Å². The molecule has 0 saturated carbocycles. The van der Waals surface area contributed by atoms with E-state index < -0.39 is 12.0 Å². The summed E-state index contributed by atoms with van der Waals surface area (Å²) in [5.41, 5.74) is 4.20. The highest BCUT2D eigenvalue weighted by Gasteiger charge is 2.37. The van der Waals surface area contributed by atoms with E-state index >= 15 is 0 Å². The van der Waals surface area contributed by atoms with Crippen LogP contribution in [0.1, 0.15) is 46.0 Å². The van der Waals surface area contributed by atoms with Gasteiger partial charge in [-0.3, -0.25) is 9.78 Å². The molecular weight excluding hydrogens is 425 g/mol. The molecule has 0 radical (unpaired) electrons. The number of halogens is 3. The van der Waals surface area contributed by atoms with Crippen LogP contribution in [0.2, 0.25) is 0 Å². The Morgan fingerprint density at radius 1 is 1.19 bits per heavy atom. The maximum Gasteiger partial charge on any atom is 0.453 e. The summed E-state index contributed by atoms with van der Waals surface area (Å²) in [4.78, 5) is 26.3. The third-order valence-electron chi connectivity index (χ3n) is 5.45. The first-order valence-corrected chi connectivity index (χ1v) is 9.97. The lowest BCUT2D eigenvalue weighted by molar-refractivity contribution is -0.144. The van der Waals surface area contributed by atoms with Crippen LogP contribution in [0.15, 0.2) is 6.20 Å². The topological polar surface area (TPSA) is 85.5 Å². The summed E-state index contributed by atoms with van der Waals surface area (Å²) in [6, 6.07) is 0.